The second kappa shape index (κ2) is 6.90. The predicted molar refractivity (Wildman–Crippen MR) is 86.4 cm³/mol. The van der Waals surface area contributed by atoms with Gasteiger partial charge in [0.05, 0.1) is 6.54 Å². The van der Waals surface area contributed by atoms with Gasteiger partial charge in [0.25, 0.3) is 0 Å². The smallest absolute Gasteiger partial charge is 0.236 e. The first-order valence-corrected chi connectivity index (χ1v) is 8.89. The van der Waals surface area contributed by atoms with Crippen molar-refractivity contribution in [3.8, 4) is 0 Å². The Morgan fingerprint density at radius 1 is 1.43 bits per heavy atom. The van der Waals surface area contributed by atoms with E-state index in [1.807, 2.05) is 11.9 Å². The fraction of sp³-hybridized carbons (Fsp3) is 0.688. The zero-order valence-electron chi connectivity index (χ0n) is 12.8. The Morgan fingerprint density at radius 3 is 2.90 bits per heavy atom. The van der Waals surface area contributed by atoms with Crippen LogP contribution in [0.2, 0.25) is 0 Å². The van der Waals surface area contributed by atoms with E-state index in [0.717, 1.165) is 19.6 Å². The third kappa shape index (κ3) is 4.28. The normalized spacial score (nSPS) is 21.9. The lowest BCUT2D eigenvalue weighted by atomic mass is 10.2. The van der Waals surface area contributed by atoms with E-state index in [1.165, 1.54) is 31.2 Å². The van der Waals surface area contributed by atoms with Crippen LogP contribution in [0.25, 0.3) is 0 Å². The molecule has 1 saturated carbocycles. The maximum absolute atomic E-state index is 12.5. The Morgan fingerprint density at radius 2 is 2.29 bits per heavy atom. The molecule has 0 bridgehead atoms. The number of nitrogens with one attached hydrogen (secondary N) is 1. The summed E-state index contributed by atoms with van der Waals surface area (Å²) in [5.74, 6) is 0.242. The van der Waals surface area contributed by atoms with Crippen LogP contribution in [-0.2, 0) is 11.3 Å². The molecule has 1 aliphatic carbocycles. The SMILES string of the molecule is CN(Cc1ccsc1)C(=O)CN(CC1CCCN1)C1CC1. The van der Waals surface area contributed by atoms with Gasteiger partial charge in [-0.25, -0.2) is 0 Å². The Hall–Kier alpha value is -0.910. The molecular formula is C16H25N3OS. The summed E-state index contributed by atoms with van der Waals surface area (Å²) in [4.78, 5) is 16.7. The molecule has 5 heteroatoms. The van der Waals surface area contributed by atoms with Crippen LogP contribution < -0.4 is 5.32 Å². The van der Waals surface area contributed by atoms with Gasteiger partial charge < -0.3 is 10.2 Å². The van der Waals surface area contributed by atoms with E-state index >= 15 is 0 Å². The summed E-state index contributed by atoms with van der Waals surface area (Å²) >= 11 is 1.69. The monoisotopic (exact) mass is 307 g/mol. The molecule has 1 aromatic heterocycles. The number of thiophene rings is 1. The molecule has 116 valence electrons. The predicted octanol–water partition coefficient (Wildman–Crippen LogP) is 1.92. The molecule has 1 saturated heterocycles. The Kier molecular flexibility index (Phi) is 4.93. The van der Waals surface area contributed by atoms with E-state index in [1.54, 1.807) is 11.3 Å². The van der Waals surface area contributed by atoms with E-state index in [9.17, 15) is 4.79 Å². The fourth-order valence-corrected chi connectivity index (χ4v) is 3.68. The second-order valence-corrected chi connectivity index (χ2v) is 7.12. The van der Waals surface area contributed by atoms with Crippen molar-refractivity contribution in [2.75, 3.05) is 26.7 Å². The number of hydrogen-bond donors (Lipinski definition) is 1. The maximum Gasteiger partial charge on any atom is 0.236 e. The van der Waals surface area contributed by atoms with Crippen molar-refractivity contribution in [1.29, 1.82) is 0 Å². The average molecular weight is 307 g/mol. The van der Waals surface area contributed by atoms with Gasteiger partial charge >= 0.3 is 0 Å². The number of rotatable bonds is 7. The van der Waals surface area contributed by atoms with Crippen LogP contribution in [0.1, 0.15) is 31.2 Å². The van der Waals surface area contributed by atoms with Gasteiger partial charge in [-0.2, -0.15) is 11.3 Å². The summed E-state index contributed by atoms with van der Waals surface area (Å²) in [5, 5.41) is 7.72. The Bertz CT molecular complexity index is 452. The standard InChI is InChI=1S/C16H25N3OS/c1-18(9-13-6-8-21-12-13)16(20)11-19(15-4-5-15)10-14-3-2-7-17-14/h6,8,12,14-15,17H,2-5,7,9-11H2,1H3. The third-order valence-electron chi connectivity index (χ3n) is 4.44. The fourth-order valence-electron chi connectivity index (χ4n) is 3.02. The molecule has 2 heterocycles. The van der Waals surface area contributed by atoms with Gasteiger partial charge in [-0.15, -0.1) is 0 Å². The van der Waals surface area contributed by atoms with E-state index in [0.29, 0.717) is 18.6 Å². The summed E-state index contributed by atoms with van der Waals surface area (Å²) in [5.41, 5.74) is 1.23. The summed E-state index contributed by atoms with van der Waals surface area (Å²) < 4.78 is 0. The minimum absolute atomic E-state index is 0.242. The topological polar surface area (TPSA) is 35.6 Å². The first-order valence-electron chi connectivity index (χ1n) is 7.95. The van der Waals surface area contributed by atoms with Crippen molar-refractivity contribution < 1.29 is 4.79 Å². The highest BCUT2D eigenvalue weighted by Gasteiger charge is 2.32. The van der Waals surface area contributed by atoms with Gasteiger partial charge in [0.15, 0.2) is 0 Å². The molecular weight excluding hydrogens is 282 g/mol. The van der Waals surface area contributed by atoms with E-state index in [2.05, 4.69) is 27.0 Å². The molecule has 1 amide bonds. The van der Waals surface area contributed by atoms with Crippen LogP contribution in [0.5, 0.6) is 0 Å². The number of hydrogen-bond acceptors (Lipinski definition) is 4. The van der Waals surface area contributed by atoms with Crippen LogP contribution in [0.4, 0.5) is 0 Å². The van der Waals surface area contributed by atoms with Crippen molar-refractivity contribution in [2.24, 2.45) is 0 Å². The number of amides is 1. The molecule has 0 radical (unpaired) electrons. The molecule has 1 unspecified atom stereocenters. The summed E-state index contributed by atoms with van der Waals surface area (Å²) in [6, 6.07) is 3.32. The van der Waals surface area contributed by atoms with Crippen LogP contribution in [0.15, 0.2) is 16.8 Å². The van der Waals surface area contributed by atoms with Crippen molar-refractivity contribution >= 4 is 17.2 Å². The second-order valence-electron chi connectivity index (χ2n) is 6.34. The number of carbonyl (C=O) groups is 1. The van der Waals surface area contributed by atoms with Crippen molar-refractivity contribution in [2.45, 2.75) is 44.3 Å². The quantitative estimate of drug-likeness (QED) is 0.836. The third-order valence-corrected chi connectivity index (χ3v) is 5.18. The van der Waals surface area contributed by atoms with Gasteiger partial charge in [0, 0.05) is 32.2 Å². The highest BCUT2D eigenvalue weighted by Crippen LogP contribution is 2.27. The van der Waals surface area contributed by atoms with Crippen LogP contribution >= 0.6 is 11.3 Å². The molecule has 1 atom stereocenters. The first kappa shape index (κ1) is 15.0. The molecule has 3 rings (SSSR count). The zero-order chi connectivity index (χ0) is 14.7. The number of likely N-dealkylation sites (N-methyl/N-ethyl adjacent to an activating group) is 1. The van der Waals surface area contributed by atoms with E-state index in [4.69, 9.17) is 0 Å². The largest absolute Gasteiger partial charge is 0.340 e. The molecule has 2 aliphatic rings. The van der Waals surface area contributed by atoms with Crippen LogP contribution in [-0.4, -0.2) is 54.5 Å². The van der Waals surface area contributed by atoms with Gasteiger partial charge in [-0.3, -0.25) is 9.69 Å². The molecule has 0 aromatic carbocycles. The lowest BCUT2D eigenvalue weighted by Gasteiger charge is -2.27. The first-order chi connectivity index (χ1) is 10.2. The number of carbonyl (C=O) groups excluding carboxylic acids is 1. The summed E-state index contributed by atoms with van der Waals surface area (Å²) in [6.45, 7) is 3.46. The number of nitrogens with zero attached hydrogens (tertiary/aromatic N) is 2. The summed E-state index contributed by atoms with van der Waals surface area (Å²) in [7, 11) is 1.92. The van der Waals surface area contributed by atoms with E-state index < -0.39 is 0 Å². The minimum atomic E-state index is 0.242. The molecule has 4 nitrogen and oxygen atoms in total. The average Bonchev–Trinajstić information content (AvgIpc) is 2.96. The zero-order valence-corrected chi connectivity index (χ0v) is 13.6. The van der Waals surface area contributed by atoms with Crippen LogP contribution in [0, 0.1) is 0 Å². The van der Waals surface area contributed by atoms with Crippen LogP contribution in [0.3, 0.4) is 0 Å². The Balaban J connectivity index is 1.50. The molecule has 0 spiro atoms. The maximum atomic E-state index is 12.5. The highest BCUT2D eigenvalue weighted by molar-refractivity contribution is 7.07. The minimum Gasteiger partial charge on any atom is -0.340 e. The van der Waals surface area contributed by atoms with Gasteiger partial charge in [0.2, 0.25) is 5.91 Å². The molecule has 21 heavy (non-hydrogen) atoms. The summed E-state index contributed by atoms with van der Waals surface area (Å²) in [6.07, 6.45) is 5.04. The highest BCUT2D eigenvalue weighted by atomic mass is 32.1. The van der Waals surface area contributed by atoms with Crippen molar-refractivity contribution in [1.82, 2.24) is 15.1 Å². The van der Waals surface area contributed by atoms with Crippen molar-refractivity contribution in [3.63, 3.8) is 0 Å². The van der Waals surface area contributed by atoms with E-state index in [-0.39, 0.29) is 5.91 Å². The molecule has 1 aliphatic heterocycles. The van der Waals surface area contributed by atoms with Crippen molar-refractivity contribution in [3.05, 3.63) is 22.4 Å². The Labute approximate surface area is 131 Å². The van der Waals surface area contributed by atoms with Gasteiger partial charge in [-0.05, 0) is 54.6 Å². The van der Waals surface area contributed by atoms with Gasteiger partial charge in [-0.1, -0.05) is 0 Å². The molecule has 1 aromatic rings. The molecule has 2 fully saturated rings. The lowest BCUT2D eigenvalue weighted by Crippen LogP contribution is -2.44. The van der Waals surface area contributed by atoms with Gasteiger partial charge in [0.1, 0.15) is 0 Å². The lowest BCUT2D eigenvalue weighted by molar-refractivity contribution is -0.131. The molecule has 1 N–H and O–H groups in total.